The first-order valence-corrected chi connectivity index (χ1v) is 8.13. The molecule has 1 heterocycles. The maximum absolute atomic E-state index is 5.45. The summed E-state index contributed by atoms with van der Waals surface area (Å²) in [7, 11) is 6.43. The Morgan fingerprint density at radius 2 is 1.42 bits per heavy atom. The van der Waals surface area contributed by atoms with Crippen molar-refractivity contribution in [2.75, 3.05) is 35.2 Å². The van der Waals surface area contributed by atoms with Gasteiger partial charge in [-0.05, 0) is 30.2 Å². The van der Waals surface area contributed by atoms with Crippen molar-refractivity contribution in [1.29, 1.82) is 0 Å². The van der Waals surface area contributed by atoms with Gasteiger partial charge in [-0.2, -0.15) is 0 Å². The van der Waals surface area contributed by atoms with Crippen LogP contribution in [-0.4, -0.2) is 35.2 Å². The van der Waals surface area contributed by atoms with E-state index in [1.54, 1.807) is 28.4 Å². The maximum atomic E-state index is 5.45. The SMILES string of the molecule is COc1cc2c(cc1C/C=C/c1cc(OC)c(OC)c(OC)c1)OCO2. The van der Waals surface area contributed by atoms with Crippen LogP contribution in [0.3, 0.4) is 0 Å². The molecule has 0 saturated heterocycles. The van der Waals surface area contributed by atoms with Crippen LogP contribution in [0, 0.1) is 0 Å². The second kappa shape index (κ2) is 7.91. The van der Waals surface area contributed by atoms with E-state index in [1.165, 1.54) is 0 Å². The zero-order chi connectivity index (χ0) is 18.5. The van der Waals surface area contributed by atoms with E-state index >= 15 is 0 Å². The minimum atomic E-state index is 0.239. The Morgan fingerprint density at radius 1 is 0.808 bits per heavy atom. The van der Waals surface area contributed by atoms with Crippen LogP contribution in [0.15, 0.2) is 30.3 Å². The number of methoxy groups -OCH3 is 4. The van der Waals surface area contributed by atoms with Crippen LogP contribution in [0.5, 0.6) is 34.5 Å². The summed E-state index contributed by atoms with van der Waals surface area (Å²) in [4.78, 5) is 0. The van der Waals surface area contributed by atoms with Crippen molar-refractivity contribution in [3.63, 3.8) is 0 Å². The molecule has 0 aliphatic carbocycles. The first-order valence-electron chi connectivity index (χ1n) is 8.13. The highest BCUT2D eigenvalue weighted by molar-refractivity contribution is 5.62. The predicted molar refractivity (Wildman–Crippen MR) is 98.0 cm³/mol. The van der Waals surface area contributed by atoms with Crippen LogP contribution in [0.2, 0.25) is 0 Å². The van der Waals surface area contributed by atoms with Crippen LogP contribution < -0.4 is 28.4 Å². The molecule has 0 spiro atoms. The van der Waals surface area contributed by atoms with Gasteiger partial charge in [0.05, 0.1) is 28.4 Å². The molecule has 0 atom stereocenters. The standard InChI is InChI=1S/C20H22O6/c1-21-15-11-17-16(25-12-26-17)10-14(15)7-5-6-13-8-18(22-2)20(24-4)19(9-13)23-3/h5-6,8-11H,7,12H2,1-4H3/b6-5+. The Labute approximate surface area is 152 Å². The molecule has 0 unspecified atom stereocenters. The quantitative estimate of drug-likeness (QED) is 0.752. The molecule has 0 N–H and O–H groups in total. The molecule has 1 aliphatic heterocycles. The van der Waals surface area contributed by atoms with Gasteiger partial charge >= 0.3 is 0 Å². The second-order valence-electron chi connectivity index (χ2n) is 5.58. The fourth-order valence-electron chi connectivity index (χ4n) is 2.83. The van der Waals surface area contributed by atoms with Gasteiger partial charge in [-0.25, -0.2) is 0 Å². The van der Waals surface area contributed by atoms with Crippen LogP contribution in [-0.2, 0) is 6.42 Å². The summed E-state index contributed by atoms with van der Waals surface area (Å²) >= 11 is 0. The zero-order valence-electron chi connectivity index (χ0n) is 15.3. The molecule has 0 radical (unpaired) electrons. The minimum Gasteiger partial charge on any atom is -0.496 e. The number of hydrogen-bond donors (Lipinski definition) is 0. The lowest BCUT2D eigenvalue weighted by Gasteiger charge is -2.13. The molecule has 0 bridgehead atoms. The highest BCUT2D eigenvalue weighted by atomic mass is 16.7. The molecule has 6 nitrogen and oxygen atoms in total. The number of fused-ring (bicyclic) bond motifs is 1. The van der Waals surface area contributed by atoms with E-state index in [0.717, 1.165) is 22.6 Å². The van der Waals surface area contributed by atoms with Crippen LogP contribution in [0.4, 0.5) is 0 Å². The van der Waals surface area contributed by atoms with Gasteiger partial charge in [0.15, 0.2) is 23.0 Å². The van der Waals surface area contributed by atoms with Crippen molar-refractivity contribution >= 4 is 6.08 Å². The van der Waals surface area contributed by atoms with Gasteiger partial charge in [-0.15, -0.1) is 0 Å². The summed E-state index contributed by atoms with van der Waals surface area (Å²) in [6.07, 6.45) is 4.71. The van der Waals surface area contributed by atoms with Gasteiger partial charge in [0, 0.05) is 11.6 Å². The first-order chi connectivity index (χ1) is 12.7. The van der Waals surface area contributed by atoms with Crippen molar-refractivity contribution in [1.82, 2.24) is 0 Å². The van der Waals surface area contributed by atoms with Crippen molar-refractivity contribution < 1.29 is 28.4 Å². The molecule has 2 aromatic carbocycles. The average molecular weight is 358 g/mol. The van der Waals surface area contributed by atoms with E-state index in [0.29, 0.717) is 29.4 Å². The Balaban J connectivity index is 1.83. The number of rotatable bonds is 7. The van der Waals surface area contributed by atoms with E-state index in [2.05, 4.69) is 0 Å². The molecule has 0 aromatic heterocycles. The van der Waals surface area contributed by atoms with Crippen molar-refractivity contribution in [3.05, 3.63) is 41.5 Å². The van der Waals surface area contributed by atoms with E-state index in [-0.39, 0.29) is 6.79 Å². The Hall–Kier alpha value is -3.02. The number of allylic oxidation sites excluding steroid dienone is 1. The lowest BCUT2D eigenvalue weighted by molar-refractivity contribution is 0.174. The number of benzene rings is 2. The highest BCUT2D eigenvalue weighted by Gasteiger charge is 2.17. The third-order valence-corrected chi connectivity index (χ3v) is 4.11. The summed E-state index contributed by atoms with van der Waals surface area (Å²) in [6, 6.07) is 7.59. The molecular weight excluding hydrogens is 336 g/mol. The molecule has 0 fully saturated rings. The Morgan fingerprint density at radius 3 is 2.00 bits per heavy atom. The van der Waals surface area contributed by atoms with Gasteiger partial charge in [-0.1, -0.05) is 12.2 Å². The van der Waals surface area contributed by atoms with E-state index in [4.69, 9.17) is 28.4 Å². The van der Waals surface area contributed by atoms with Crippen LogP contribution in [0.1, 0.15) is 11.1 Å². The smallest absolute Gasteiger partial charge is 0.231 e. The van der Waals surface area contributed by atoms with Gasteiger partial charge in [0.2, 0.25) is 12.5 Å². The van der Waals surface area contributed by atoms with Crippen molar-refractivity contribution in [3.8, 4) is 34.5 Å². The molecule has 138 valence electrons. The lowest BCUT2D eigenvalue weighted by atomic mass is 10.1. The Bertz CT molecular complexity index is 787. The number of hydrogen-bond acceptors (Lipinski definition) is 6. The topological polar surface area (TPSA) is 55.4 Å². The summed E-state index contributed by atoms with van der Waals surface area (Å²) in [5.74, 6) is 4.02. The molecular formula is C20H22O6. The minimum absolute atomic E-state index is 0.239. The molecule has 0 saturated carbocycles. The lowest BCUT2D eigenvalue weighted by Crippen LogP contribution is -1.95. The molecule has 0 amide bonds. The molecule has 3 rings (SSSR count). The van der Waals surface area contributed by atoms with Crippen LogP contribution in [0.25, 0.3) is 6.08 Å². The second-order valence-corrected chi connectivity index (χ2v) is 5.58. The predicted octanol–water partition coefficient (Wildman–Crippen LogP) is 3.71. The Kier molecular flexibility index (Phi) is 5.41. The fourth-order valence-corrected chi connectivity index (χ4v) is 2.83. The molecule has 6 heteroatoms. The number of ether oxygens (including phenoxy) is 6. The van der Waals surface area contributed by atoms with E-state index in [9.17, 15) is 0 Å². The zero-order valence-corrected chi connectivity index (χ0v) is 15.3. The monoisotopic (exact) mass is 358 g/mol. The van der Waals surface area contributed by atoms with Gasteiger partial charge in [0.1, 0.15) is 5.75 Å². The average Bonchev–Trinajstić information content (AvgIpc) is 3.13. The highest BCUT2D eigenvalue weighted by Crippen LogP contribution is 2.39. The van der Waals surface area contributed by atoms with Crippen molar-refractivity contribution in [2.24, 2.45) is 0 Å². The third-order valence-electron chi connectivity index (χ3n) is 4.11. The van der Waals surface area contributed by atoms with Crippen LogP contribution >= 0.6 is 0 Å². The van der Waals surface area contributed by atoms with Gasteiger partial charge in [0.25, 0.3) is 0 Å². The fraction of sp³-hybridized carbons (Fsp3) is 0.300. The summed E-state index contributed by atoms with van der Waals surface area (Å²) in [5, 5.41) is 0. The third kappa shape index (κ3) is 3.49. The molecule has 26 heavy (non-hydrogen) atoms. The van der Waals surface area contributed by atoms with Gasteiger partial charge < -0.3 is 28.4 Å². The summed E-state index contributed by atoms with van der Waals surface area (Å²) < 4.78 is 32.4. The molecule has 2 aromatic rings. The largest absolute Gasteiger partial charge is 0.496 e. The normalized spacial score (nSPS) is 12.3. The summed E-state index contributed by atoms with van der Waals surface area (Å²) in [6.45, 7) is 0.239. The summed E-state index contributed by atoms with van der Waals surface area (Å²) in [5.41, 5.74) is 1.96. The molecule has 1 aliphatic rings. The van der Waals surface area contributed by atoms with Gasteiger partial charge in [-0.3, -0.25) is 0 Å². The first kappa shape index (κ1) is 17.8. The maximum Gasteiger partial charge on any atom is 0.231 e. The van der Waals surface area contributed by atoms with E-state index < -0.39 is 0 Å². The van der Waals surface area contributed by atoms with Crippen molar-refractivity contribution in [2.45, 2.75) is 6.42 Å². The van der Waals surface area contributed by atoms with E-state index in [1.807, 2.05) is 36.4 Å².